The molecule has 0 aliphatic carbocycles. The Hall–Kier alpha value is -3.36. The number of hydrogen-bond acceptors (Lipinski definition) is 7. The van der Waals surface area contributed by atoms with Crippen molar-refractivity contribution in [3.63, 3.8) is 0 Å². The number of hydrogen-bond donors (Lipinski definition) is 1. The van der Waals surface area contributed by atoms with Gasteiger partial charge in [0.2, 0.25) is 0 Å². The molecule has 3 aromatic heterocycles. The predicted molar refractivity (Wildman–Crippen MR) is 128 cm³/mol. The normalized spacial score (nSPS) is 14.9. The van der Waals surface area contributed by atoms with E-state index in [0.717, 1.165) is 60.1 Å². The van der Waals surface area contributed by atoms with Crippen molar-refractivity contribution in [2.24, 2.45) is 5.92 Å². The van der Waals surface area contributed by atoms with E-state index in [-0.39, 0.29) is 5.91 Å². The number of thiazole rings is 1. The summed E-state index contributed by atoms with van der Waals surface area (Å²) >= 11 is 1.46. The number of benzene rings is 1. The molecule has 1 saturated heterocycles. The van der Waals surface area contributed by atoms with E-state index in [1.807, 2.05) is 48.5 Å². The molecule has 0 spiro atoms. The highest BCUT2D eigenvalue weighted by Crippen LogP contribution is 2.24. The van der Waals surface area contributed by atoms with Gasteiger partial charge in [-0.1, -0.05) is 35.5 Å². The first-order valence-corrected chi connectivity index (χ1v) is 12.0. The van der Waals surface area contributed by atoms with Gasteiger partial charge in [-0.15, -0.1) is 11.3 Å². The highest BCUT2D eigenvalue weighted by molar-refractivity contribution is 7.13. The number of likely N-dealkylation sites (tertiary alicyclic amines) is 1. The molecule has 1 aliphatic heterocycles. The highest BCUT2D eigenvalue weighted by atomic mass is 32.1. The second-order valence-corrected chi connectivity index (χ2v) is 9.11. The molecule has 0 unspecified atom stereocenters. The molecule has 0 atom stereocenters. The van der Waals surface area contributed by atoms with Crippen LogP contribution < -0.4 is 5.32 Å². The van der Waals surface area contributed by atoms with E-state index in [9.17, 15) is 4.79 Å². The molecule has 1 amide bonds. The predicted octanol–water partition coefficient (Wildman–Crippen LogP) is 4.50. The average Bonchev–Trinajstić information content (AvgIpc) is 3.55. The quantitative estimate of drug-likeness (QED) is 0.438. The van der Waals surface area contributed by atoms with Crippen LogP contribution in [0, 0.1) is 5.92 Å². The third-order valence-electron chi connectivity index (χ3n) is 5.91. The van der Waals surface area contributed by atoms with Crippen LogP contribution in [0.15, 0.2) is 70.8 Å². The number of piperidine rings is 1. The summed E-state index contributed by atoms with van der Waals surface area (Å²) in [5, 5.41) is 9.89. The van der Waals surface area contributed by atoms with Gasteiger partial charge in [0.25, 0.3) is 5.91 Å². The maximum atomic E-state index is 12.5. The molecule has 1 N–H and O–H groups in total. The smallest absolute Gasteiger partial charge is 0.270 e. The summed E-state index contributed by atoms with van der Waals surface area (Å²) in [5.41, 5.74) is 3.33. The minimum absolute atomic E-state index is 0.112. The molecule has 1 fully saturated rings. The van der Waals surface area contributed by atoms with Crippen LogP contribution >= 0.6 is 11.3 Å². The van der Waals surface area contributed by atoms with Crippen molar-refractivity contribution in [3.05, 3.63) is 77.8 Å². The summed E-state index contributed by atoms with van der Waals surface area (Å²) in [5.74, 6) is 1.24. The fourth-order valence-electron chi connectivity index (χ4n) is 4.03. The van der Waals surface area contributed by atoms with E-state index in [2.05, 4.69) is 25.3 Å². The van der Waals surface area contributed by atoms with E-state index in [4.69, 9.17) is 4.52 Å². The minimum atomic E-state index is -0.112. The highest BCUT2D eigenvalue weighted by Gasteiger charge is 2.22. The van der Waals surface area contributed by atoms with Crippen LogP contribution in [0.25, 0.3) is 21.8 Å². The summed E-state index contributed by atoms with van der Waals surface area (Å²) in [7, 11) is 0. The van der Waals surface area contributed by atoms with Crippen molar-refractivity contribution < 1.29 is 9.32 Å². The van der Waals surface area contributed by atoms with Gasteiger partial charge in [0.05, 0.1) is 6.54 Å². The Balaban J connectivity index is 1.07. The molecule has 4 aromatic rings. The molecule has 0 bridgehead atoms. The van der Waals surface area contributed by atoms with Gasteiger partial charge >= 0.3 is 0 Å². The molecule has 8 heteroatoms. The van der Waals surface area contributed by atoms with Gasteiger partial charge in [0.1, 0.15) is 16.4 Å². The molecule has 0 saturated carbocycles. The van der Waals surface area contributed by atoms with Crippen molar-refractivity contribution in [3.8, 4) is 21.8 Å². The van der Waals surface area contributed by atoms with Crippen LogP contribution in [0.4, 0.5) is 0 Å². The van der Waals surface area contributed by atoms with Crippen molar-refractivity contribution in [1.29, 1.82) is 0 Å². The first-order chi connectivity index (χ1) is 16.2. The Morgan fingerprint density at radius 2 is 1.94 bits per heavy atom. The third kappa shape index (κ3) is 5.35. The number of rotatable bonds is 7. The lowest BCUT2D eigenvalue weighted by Gasteiger charge is -2.31. The lowest BCUT2D eigenvalue weighted by Crippen LogP contribution is -2.38. The molecule has 1 aromatic carbocycles. The van der Waals surface area contributed by atoms with Gasteiger partial charge < -0.3 is 9.84 Å². The summed E-state index contributed by atoms with van der Waals surface area (Å²) in [6, 6.07) is 15.9. The van der Waals surface area contributed by atoms with E-state index in [1.165, 1.54) is 11.3 Å². The number of carbonyl (C=O) groups is 1. The zero-order valence-electron chi connectivity index (χ0n) is 18.2. The van der Waals surface area contributed by atoms with Gasteiger partial charge in [-0.25, -0.2) is 4.98 Å². The van der Waals surface area contributed by atoms with Crippen molar-refractivity contribution in [2.45, 2.75) is 19.4 Å². The largest absolute Gasteiger partial charge is 0.359 e. The topological polar surface area (TPSA) is 84.2 Å². The summed E-state index contributed by atoms with van der Waals surface area (Å²) in [6.45, 7) is 3.38. The van der Waals surface area contributed by atoms with Crippen LogP contribution in [-0.4, -0.2) is 45.6 Å². The zero-order valence-corrected chi connectivity index (χ0v) is 19.0. The van der Waals surface area contributed by atoms with E-state index in [0.29, 0.717) is 18.2 Å². The molecule has 168 valence electrons. The molecule has 0 radical (unpaired) electrons. The Kier molecular flexibility index (Phi) is 6.55. The number of pyridine rings is 1. The summed E-state index contributed by atoms with van der Waals surface area (Å²) in [4.78, 5) is 23.5. The number of amides is 1. The van der Waals surface area contributed by atoms with Gasteiger partial charge in [-0.3, -0.25) is 14.7 Å². The van der Waals surface area contributed by atoms with Gasteiger partial charge in [0.15, 0.2) is 5.76 Å². The first-order valence-electron chi connectivity index (χ1n) is 11.1. The second kappa shape index (κ2) is 10.1. The van der Waals surface area contributed by atoms with Crippen molar-refractivity contribution >= 4 is 17.2 Å². The maximum Gasteiger partial charge on any atom is 0.270 e. The second-order valence-electron chi connectivity index (χ2n) is 8.25. The van der Waals surface area contributed by atoms with Crippen molar-refractivity contribution in [1.82, 2.24) is 25.3 Å². The van der Waals surface area contributed by atoms with Gasteiger partial charge in [-0.2, -0.15) is 0 Å². The Labute approximate surface area is 196 Å². The van der Waals surface area contributed by atoms with Gasteiger partial charge in [-0.05, 0) is 44.0 Å². The number of nitrogens with zero attached hydrogens (tertiary/aromatic N) is 4. The maximum absolute atomic E-state index is 12.5. The van der Waals surface area contributed by atoms with E-state index < -0.39 is 0 Å². The fourth-order valence-corrected chi connectivity index (χ4v) is 4.82. The third-order valence-corrected chi connectivity index (χ3v) is 6.80. The minimum Gasteiger partial charge on any atom is -0.359 e. The number of carbonyl (C=O) groups excluding carboxylic acids is 1. The van der Waals surface area contributed by atoms with Crippen LogP contribution in [-0.2, 0) is 6.54 Å². The monoisotopic (exact) mass is 459 g/mol. The molecule has 1 aliphatic rings. The number of aromatic nitrogens is 3. The zero-order chi connectivity index (χ0) is 22.5. The lowest BCUT2D eigenvalue weighted by molar-refractivity contribution is 0.0929. The average molecular weight is 460 g/mol. The SMILES string of the molecule is O=C(NCC1CCN(Cc2cc(-c3ccccc3)no2)CC1)c1csc(-c2cccnc2)n1. The molecule has 5 rings (SSSR count). The Morgan fingerprint density at radius 3 is 2.73 bits per heavy atom. The van der Waals surface area contributed by atoms with Gasteiger partial charge in [0, 0.05) is 41.5 Å². The molecular formula is C25H25N5O2S. The Bertz CT molecular complexity index is 1180. The molecule has 33 heavy (non-hydrogen) atoms. The van der Waals surface area contributed by atoms with E-state index in [1.54, 1.807) is 17.8 Å². The van der Waals surface area contributed by atoms with Crippen LogP contribution in [0.1, 0.15) is 29.1 Å². The van der Waals surface area contributed by atoms with Crippen LogP contribution in [0.3, 0.4) is 0 Å². The fraction of sp³-hybridized carbons (Fsp3) is 0.280. The molecule has 7 nitrogen and oxygen atoms in total. The van der Waals surface area contributed by atoms with Crippen molar-refractivity contribution in [2.75, 3.05) is 19.6 Å². The summed E-state index contributed by atoms with van der Waals surface area (Å²) < 4.78 is 5.55. The van der Waals surface area contributed by atoms with E-state index >= 15 is 0 Å². The van der Waals surface area contributed by atoms with Crippen LogP contribution in [0.5, 0.6) is 0 Å². The first kappa shape index (κ1) is 21.5. The van der Waals surface area contributed by atoms with Crippen LogP contribution in [0.2, 0.25) is 0 Å². The molecule has 4 heterocycles. The molecular weight excluding hydrogens is 434 g/mol. The summed E-state index contributed by atoms with van der Waals surface area (Å²) in [6.07, 6.45) is 5.56. The standard InChI is InChI=1S/C25H25N5O2S/c31-24(23-17-33-25(28-23)20-7-4-10-26-15-20)27-14-18-8-11-30(12-9-18)16-21-13-22(29-32-21)19-5-2-1-3-6-19/h1-7,10,13,15,17-18H,8-9,11-12,14,16H2,(H,27,31). The Morgan fingerprint density at radius 1 is 1.12 bits per heavy atom. The lowest BCUT2D eigenvalue weighted by atomic mass is 9.96. The number of nitrogens with one attached hydrogen (secondary N) is 1.